The molecule has 1 amide bonds. The first-order chi connectivity index (χ1) is 12.4. The van der Waals surface area contributed by atoms with E-state index in [4.69, 9.17) is 0 Å². The molecule has 0 aliphatic carbocycles. The minimum atomic E-state index is -3.81. The van der Waals surface area contributed by atoms with Crippen molar-refractivity contribution in [3.8, 4) is 0 Å². The van der Waals surface area contributed by atoms with Gasteiger partial charge in [-0.15, -0.1) is 4.83 Å². The fourth-order valence-electron chi connectivity index (χ4n) is 3.16. The predicted octanol–water partition coefficient (Wildman–Crippen LogP) is 2.07. The van der Waals surface area contributed by atoms with Crippen LogP contribution in [0.5, 0.6) is 0 Å². The molecular weight excluding hydrogens is 350 g/mol. The van der Waals surface area contributed by atoms with E-state index >= 15 is 0 Å². The normalized spacial score (nSPS) is 14.0. The molecule has 26 heavy (non-hydrogen) atoms. The van der Waals surface area contributed by atoms with Crippen molar-refractivity contribution in [3.05, 3.63) is 59.2 Å². The van der Waals surface area contributed by atoms with Crippen molar-refractivity contribution < 1.29 is 13.2 Å². The maximum Gasteiger partial charge on any atom is 0.257 e. The average molecular weight is 373 g/mol. The number of fused-ring (bicyclic) bond motifs is 1. The Labute approximate surface area is 154 Å². The second-order valence-corrected chi connectivity index (χ2v) is 8.23. The first kappa shape index (κ1) is 18.4. The number of hydrogen-bond donors (Lipinski definition) is 2. The summed E-state index contributed by atoms with van der Waals surface area (Å²) in [6.45, 7) is 4.42. The molecule has 0 saturated heterocycles. The van der Waals surface area contributed by atoms with Gasteiger partial charge in [0.15, 0.2) is 0 Å². The van der Waals surface area contributed by atoms with Crippen molar-refractivity contribution in [2.45, 2.75) is 31.6 Å². The van der Waals surface area contributed by atoms with Crippen molar-refractivity contribution in [2.75, 3.05) is 18.0 Å². The molecule has 0 radical (unpaired) electrons. The maximum atomic E-state index is 12.5. The third kappa shape index (κ3) is 4.05. The molecule has 0 unspecified atom stereocenters. The molecule has 6 nitrogen and oxygen atoms in total. The summed E-state index contributed by atoms with van der Waals surface area (Å²) in [4.78, 5) is 16.6. The lowest BCUT2D eigenvalue weighted by molar-refractivity contribution is -0.120. The Balaban J connectivity index is 1.65. The van der Waals surface area contributed by atoms with Crippen LogP contribution in [-0.4, -0.2) is 27.4 Å². The van der Waals surface area contributed by atoms with Gasteiger partial charge in [0.25, 0.3) is 15.9 Å². The monoisotopic (exact) mass is 373 g/mol. The van der Waals surface area contributed by atoms with E-state index in [1.807, 2.05) is 36.1 Å². The molecule has 1 aliphatic rings. The first-order valence-electron chi connectivity index (χ1n) is 8.57. The van der Waals surface area contributed by atoms with Gasteiger partial charge in [0, 0.05) is 12.2 Å². The van der Waals surface area contributed by atoms with E-state index in [9.17, 15) is 13.2 Å². The van der Waals surface area contributed by atoms with Crippen LogP contribution >= 0.6 is 0 Å². The number of aryl methyl sites for hydroxylation is 3. The number of anilines is 1. The lowest BCUT2D eigenvalue weighted by Gasteiger charge is -2.30. The van der Waals surface area contributed by atoms with E-state index in [2.05, 4.69) is 16.3 Å². The van der Waals surface area contributed by atoms with E-state index in [0.717, 1.165) is 30.6 Å². The van der Waals surface area contributed by atoms with Crippen LogP contribution in [0.15, 0.2) is 47.4 Å². The number of nitrogens with one attached hydrogen (secondary N) is 2. The molecule has 3 rings (SSSR count). The number of rotatable bonds is 5. The number of carbonyl (C=O) groups excluding carboxylic acids is 1. The molecule has 0 aromatic heterocycles. The van der Waals surface area contributed by atoms with Crippen molar-refractivity contribution in [1.29, 1.82) is 0 Å². The highest BCUT2D eigenvalue weighted by Crippen LogP contribution is 2.26. The smallest absolute Gasteiger partial charge is 0.257 e. The third-order valence-corrected chi connectivity index (χ3v) is 5.89. The Hall–Kier alpha value is -2.38. The summed E-state index contributed by atoms with van der Waals surface area (Å²) in [5.74, 6) is -0.393. The largest absolute Gasteiger partial charge is 0.362 e. The minimum Gasteiger partial charge on any atom is -0.362 e. The Morgan fingerprint density at radius 2 is 1.92 bits per heavy atom. The summed E-state index contributed by atoms with van der Waals surface area (Å²) in [6.07, 6.45) is 1.96. The van der Waals surface area contributed by atoms with Crippen molar-refractivity contribution >= 4 is 21.6 Å². The van der Waals surface area contributed by atoms with Gasteiger partial charge in [0.2, 0.25) is 0 Å². The zero-order valence-electron chi connectivity index (χ0n) is 15.0. The number of sulfonamides is 1. The number of benzene rings is 2. The highest BCUT2D eigenvalue weighted by Gasteiger charge is 2.21. The molecule has 1 aliphatic heterocycles. The lowest BCUT2D eigenvalue weighted by Crippen LogP contribution is -2.47. The van der Waals surface area contributed by atoms with Gasteiger partial charge < -0.3 is 4.90 Å². The molecule has 0 fully saturated rings. The van der Waals surface area contributed by atoms with Crippen molar-refractivity contribution in [1.82, 2.24) is 10.3 Å². The van der Waals surface area contributed by atoms with Crippen molar-refractivity contribution in [3.63, 3.8) is 0 Å². The van der Waals surface area contributed by atoms with Gasteiger partial charge in [-0.3, -0.25) is 10.2 Å². The fourth-order valence-corrected chi connectivity index (χ4v) is 4.36. The highest BCUT2D eigenvalue weighted by molar-refractivity contribution is 7.89. The number of para-hydroxylation sites is 1. The molecule has 2 N–H and O–H groups in total. The number of nitrogens with zero attached hydrogens (tertiary/aromatic N) is 1. The van der Waals surface area contributed by atoms with Crippen LogP contribution in [0.4, 0.5) is 5.69 Å². The highest BCUT2D eigenvalue weighted by atomic mass is 32.2. The first-order valence-corrected chi connectivity index (χ1v) is 10.1. The molecule has 138 valence electrons. The van der Waals surface area contributed by atoms with Crippen molar-refractivity contribution in [2.24, 2.45) is 0 Å². The van der Waals surface area contributed by atoms with Gasteiger partial charge in [0.1, 0.15) is 0 Å². The maximum absolute atomic E-state index is 12.5. The van der Waals surface area contributed by atoms with Gasteiger partial charge >= 0.3 is 0 Å². The van der Waals surface area contributed by atoms with Crippen LogP contribution in [0, 0.1) is 13.8 Å². The Kier molecular flexibility index (Phi) is 5.29. The van der Waals surface area contributed by atoms with Gasteiger partial charge in [-0.1, -0.05) is 30.3 Å². The van der Waals surface area contributed by atoms with Gasteiger partial charge in [0.05, 0.1) is 11.4 Å². The van der Waals surface area contributed by atoms with Crippen LogP contribution in [-0.2, 0) is 21.2 Å². The molecule has 0 saturated carbocycles. The van der Waals surface area contributed by atoms with E-state index in [0.29, 0.717) is 5.56 Å². The summed E-state index contributed by atoms with van der Waals surface area (Å²) in [6, 6.07) is 13.2. The molecule has 0 bridgehead atoms. The standard InChI is InChI=1S/C19H23N3O3S/c1-14-9-10-15(2)18(12-14)26(24,25)21-20-19(23)13-22-11-5-7-16-6-3-4-8-17(16)22/h3-4,6,8-10,12,21H,5,7,11,13H2,1-2H3,(H,20,23). The summed E-state index contributed by atoms with van der Waals surface area (Å²) in [7, 11) is -3.81. The summed E-state index contributed by atoms with van der Waals surface area (Å²) in [5, 5.41) is 0. The molecule has 0 spiro atoms. The Morgan fingerprint density at radius 1 is 1.15 bits per heavy atom. The van der Waals surface area contributed by atoms with Gasteiger partial charge in [-0.2, -0.15) is 0 Å². The average Bonchev–Trinajstić information content (AvgIpc) is 2.62. The van der Waals surface area contributed by atoms with Crippen LogP contribution < -0.4 is 15.2 Å². The predicted molar refractivity (Wildman–Crippen MR) is 101 cm³/mol. The second kappa shape index (κ2) is 7.47. The SMILES string of the molecule is Cc1ccc(C)c(S(=O)(=O)NNC(=O)CN2CCCc3ccccc32)c1. The minimum absolute atomic E-state index is 0.104. The molecule has 2 aromatic carbocycles. The van der Waals surface area contributed by atoms with E-state index in [-0.39, 0.29) is 11.4 Å². The molecule has 0 atom stereocenters. The molecular formula is C19H23N3O3S. The molecule has 7 heteroatoms. The van der Waals surface area contributed by atoms with Crippen LogP contribution in [0.25, 0.3) is 0 Å². The van der Waals surface area contributed by atoms with Crippen LogP contribution in [0.3, 0.4) is 0 Å². The topological polar surface area (TPSA) is 78.5 Å². The number of hydrogen-bond acceptors (Lipinski definition) is 4. The summed E-state index contributed by atoms with van der Waals surface area (Å²) < 4.78 is 24.9. The Bertz CT molecular complexity index is 925. The fraction of sp³-hybridized carbons (Fsp3) is 0.316. The van der Waals surface area contributed by atoms with Crippen LogP contribution in [0.1, 0.15) is 23.1 Å². The molecule has 2 aromatic rings. The third-order valence-electron chi connectivity index (χ3n) is 4.50. The summed E-state index contributed by atoms with van der Waals surface area (Å²) in [5.41, 5.74) is 6.04. The van der Waals surface area contributed by atoms with Gasteiger partial charge in [-0.05, 0) is 55.5 Å². The zero-order chi connectivity index (χ0) is 18.7. The zero-order valence-corrected chi connectivity index (χ0v) is 15.8. The van der Waals surface area contributed by atoms with E-state index in [1.54, 1.807) is 19.1 Å². The number of carbonyl (C=O) groups is 1. The second-order valence-electron chi connectivity index (χ2n) is 6.58. The van der Waals surface area contributed by atoms with Crippen LogP contribution in [0.2, 0.25) is 0 Å². The van der Waals surface area contributed by atoms with Gasteiger partial charge in [-0.25, -0.2) is 8.42 Å². The van der Waals surface area contributed by atoms with E-state index < -0.39 is 15.9 Å². The Morgan fingerprint density at radius 3 is 2.73 bits per heavy atom. The quantitative estimate of drug-likeness (QED) is 0.787. The van der Waals surface area contributed by atoms with E-state index in [1.165, 1.54) is 5.56 Å². The number of hydrazine groups is 1. The lowest BCUT2D eigenvalue weighted by atomic mass is 10.0. The molecule has 1 heterocycles. The number of amides is 1. The summed E-state index contributed by atoms with van der Waals surface area (Å²) >= 11 is 0.